The number of phenols is 2. The SMILES string of the molecule is Cc1ccc(C(C)C(C)c2ccc(C)cc2O)c(O)c1. The minimum absolute atomic E-state index is 0.129. The summed E-state index contributed by atoms with van der Waals surface area (Å²) < 4.78 is 0. The van der Waals surface area contributed by atoms with E-state index in [9.17, 15) is 10.2 Å². The lowest BCUT2D eigenvalue weighted by Crippen LogP contribution is -2.05. The molecule has 2 heteroatoms. The van der Waals surface area contributed by atoms with Crippen molar-refractivity contribution in [2.75, 3.05) is 0 Å². The Labute approximate surface area is 120 Å². The van der Waals surface area contributed by atoms with Gasteiger partial charge in [0.05, 0.1) is 0 Å². The third-order valence-corrected chi connectivity index (χ3v) is 4.10. The third kappa shape index (κ3) is 2.79. The highest BCUT2D eigenvalue weighted by atomic mass is 16.3. The maximum absolute atomic E-state index is 10.1. The molecule has 0 fully saturated rings. The molecule has 0 aromatic heterocycles. The molecule has 2 rings (SSSR count). The average molecular weight is 270 g/mol. The standard InChI is InChI=1S/C18H22O2/c1-11-5-7-15(17(19)9-11)13(3)14(4)16-8-6-12(2)10-18(16)20/h5-10,13-14,19-20H,1-4H3. The highest BCUT2D eigenvalue weighted by Crippen LogP contribution is 2.39. The lowest BCUT2D eigenvalue weighted by Gasteiger charge is -2.23. The van der Waals surface area contributed by atoms with Crippen molar-refractivity contribution in [2.24, 2.45) is 0 Å². The van der Waals surface area contributed by atoms with Crippen LogP contribution in [0.1, 0.15) is 47.9 Å². The van der Waals surface area contributed by atoms with Crippen molar-refractivity contribution >= 4 is 0 Å². The Morgan fingerprint density at radius 1 is 0.700 bits per heavy atom. The summed E-state index contributed by atoms with van der Waals surface area (Å²) in [5, 5.41) is 20.2. The predicted molar refractivity (Wildman–Crippen MR) is 82.5 cm³/mol. The number of phenolic OH excluding ortho intramolecular Hbond substituents is 2. The molecule has 2 atom stereocenters. The molecule has 106 valence electrons. The smallest absolute Gasteiger partial charge is 0.119 e. The van der Waals surface area contributed by atoms with E-state index in [2.05, 4.69) is 13.8 Å². The Morgan fingerprint density at radius 2 is 1.05 bits per heavy atom. The summed E-state index contributed by atoms with van der Waals surface area (Å²) in [5.74, 6) is 0.917. The summed E-state index contributed by atoms with van der Waals surface area (Å²) in [6.45, 7) is 8.08. The van der Waals surface area contributed by atoms with E-state index >= 15 is 0 Å². The fraction of sp³-hybridized carbons (Fsp3) is 0.333. The molecule has 0 spiro atoms. The van der Waals surface area contributed by atoms with Gasteiger partial charge in [0.2, 0.25) is 0 Å². The molecule has 0 radical (unpaired) electrons. The number of hydrogen-bond acceptors (Lipinski definition) is 2. The van der Waals surface area contributed by atoms with Gasteiger partial charge in [0, 0.05) is 0 Å². The minimum atomic E-state index is 0.129. The van der Waals surface area contributed by atoms with Gasteiger partial charge >= 0.3 is 0 Å². The zero-order valence-corrected chi connectivity index (χ0v) is 12.5. The first-order chi connectivity index (χ1) is 9.40. The summed E-state index contributed by atoms with van der Waals surface area (Å²) in [7, 11) is 0. The van der Waals surface area contributed by atoms with Crippen molar-refractivity contribution in [2.45, 2.75) is 39.5 Å². The van der Waals surface area contributed by atoms with Crippen LogP contribution in [0.5, 0.6) is 11.5 Å². The van der Waals surface area contributed by atoms with Crippen molar-refractivity contribution in [3.8, 4) is 11.5 Å². The molecule has 20 heavy (non-hydrogen) atoms. The van der Waals surface area contributed by atoms with E-state index in [4.69, 9.17) is 0 Å². The second kappa shape index (κ2) is 5.58. The van der Waals surface area contributed by atoms with Gasteiger partial charge in [0.15, 0.2) is 0 Å². The predicted octanol–water partition coefficient (Wildman–Crippen LogP) is 4.62. The Bertz CT molecular complexity index is 561. The zero-order chi connectivity index (χ0) is 14.9. The van der Waals surface area contributed by atoms with Crippen molar-refractivity contribution in [1.82, 2.24) is 0 Å². The van der Waals surface area contributed by atoms with E-state index in [0.29, 0.717) is 11.5 Å². The van der Waals surface area contributed by atoms with Crippen LogP contribution in [0.4, 0.5) is 0 Å². The summed E-state index contributed by atoms with van der Waals surface area (Å²) in [6, 6.07) is 11.5. The van der Waals surface area contributed by atoms with Crippen LogP contribution in [0.3, 0.4) is 0 Å². The fourth-order valence-corrected chi connectivity index (χ4v) is 2.62. The van der Waals surface area contributed by atoms with Crippen molar-refractivity contribution in [3.05, 3.63) is 58.7 Å². The minimum Gasteiger partial charge on any atom is -0.508 e. The van der Waals surface area contributed by atoms with E-state index in [1.54, 1.807) is 12.1 Å². The van der Waals surface area contributed by atoms with Gasteiger partial charge in [-0.15, -0.1) is 0 Å². The number of rotatable bonds is 3. The number of benzene rings is 2. The summed E-state index contributed by atoms with van der Waals surface area (Å²) >= 11 is 0. The monoisotopic (exact) mass is 270 g/mol. The van der Waals surface area contributed by atoms with Gasteiger partial charge in [-0.25, -0.2) is 0 Å². The van der Waals surface area contributed by atoms with Crippen LogP contribution < -0.4 is 0 Å². The summed E-state index contributed by atoms with van der Waals surface area (Å²) in [4.78, 5) is 0. The van der Waals surface area contributed by atoms with Gasteiger partial charge < -0.3 is 10.2 Å². The summed E-state index contributed by atoms with van der Waals surface area (Å²) in [6.07, 6.45) is 0. The lowest BCUT2D eigenvalue weighted by molar-refractivity contribution is 0.443. The first kappa shape index (κ1) is 14.4. The van der Waals surface area contributed by atoms with Gasteiger partial charge in [-0.2, -0.15) is 0 Å². The molecule has 2 nitrogen and oxygen atoms in total. The van der Waals surface area contributed by atoms with Crippen molar-refractivity contribution in [1.29, 1.82) is 0 Å². The molecule has 2 aromatic rings. The van der Waals surface area contributed by atoms with Crippen molar-refractivity contribution in [3.63, 3.8) is 0 Å². The topological polar surface area (TPSA) is 40.5 Å². The molecule has 0 aliphatic rings. The van der Waals surface area contributed by atoms with Crippen LogP contribution in [0.15, 0.2) is 36.4 Å². The third-order valence-electron chi connectivity index (χ3n) is 4.10. The molecule has 0 saturated carbocycles. The van der Waals surface area contributed by atoms with Gasteiger partial charge in [-0.05, 0) is 60.1 Å². The molecule has 2 unspecified atom stereocenters. The Balaban J connectivity index is 2.34. The van der Waals surface area contributed by atoms with Crippen LogP contribution in [0, 0.1) is 13.8 Å². The quantitative estimate of drug-likeness (QED) is 0.854. The van der Waals surface area contributed by atoms with Crippen molar-refractivity contribution < 1.29 is 10.2 Å². The van der Waals surface area contributed by atoms with Crippen LogP contribution in [0.25, 0.3) is 0 Å². The van der Waals surface area contributed by atoms with E-state index in [-0.39, 0.29) is 11.8 Å². The molecule has 2 N–H and O–H groups in total. The first-order valence-corrected chi connectivity index (χ1v) is 6.99. The molecule has 0 aliphatic heterocycles. The highest BCUT2D eigenvalue weighted by Gasteiger charge is 2.21. The van der Waals surface area contributed by atoms with Gasteiger partial charge in [-0.1, -0.05) is 38.1 Å². The second-order valence-electron chi connectivity index (χ2n) is 5.70. The summed E-state index contributed by atoms with van der Waals surface area (Å²) in [5.41, 5.74) is 3.93. The lowest BCUT2D eigenvalue weighted by atomic mass is 9.83. The number of aromatic hydroxyl groups is 2. The van der Waals surface area contributed by atoms with Crippen LogP contribution in [-0.4, -0.2) is 10.2 Å². The molecule has 2 aromatic carbocycles. The largest absolute Gasteiger partial charge is 0.508 e. The van der Waals surface area contributed by atoms with E-state index < -0.39 is 0 Å². The first-order valence-electron chi connectivity index (χ1n) is 6.99. The maximum atomic E-state index is 10.1. The number of hydrogen-bond donors (Lipinski definition) is 2. The van der Waals surface area contributed by atoms with Crippen LogP contribution in [-0.2, 0) is 0 Å². The molecule has 0 heterocycles. The molecule has 0 saturated heterocycles. The van der Waals surface area contributed by atoms with E-state index in [1.165, 1.54) is 0 Å². The average Bonchev–Trinajstić information content (AvgIpc) is 2.37. The molecule has 0 aliphatic carbocycles. The van der Waals surface area contributed by atoms with Crippen LogP contribution in [0.2, 0.25) is 0 Å². The number of aryl methyl sites for hydroxylation is 2. The molecule has 0 bridgehead atoms. The van der Waals surface area contributed by atoms with E-state index in [1.807, 2.05) is 38.1 Å². The van der Waals surface area contributed by atoms with Gasteiger partial charge in [-0.3, -0.25) is 0 Å². The highest BCUT2D eigenvalue weighted by molar-refractivity contribution is 5.43. The van der Waals surface area contributed by atoms with E-state index in [0.717, 1.165) is 22.3 Å². The molecular weight excluding hydrogens is 248 g/mol. The van der Waals surface area contributed by atoms with Gasteiger partial charge in [0.25, 0.3) is 0 Å². The Morgan fingerprint density at radius 3 is 1.35 bits per heavy atom. The van der Waals surface area contributed by atoms with Crippen LogP contribution >= 0.6 is 0 Å². The molecular formula is C18H22O2. The molecule has 0 amide bonds. The Hall–Kier alpha value is -1.96. The normalized spacial score (nSPS) is 14.0. The zero-order valence-electron chi connectivity index (χ0n) is 12.5. The fourth-order valence-electron chi connectivity index (χ4n) is 2.62. The Kier molecular flexibility index (Phi) is 4.03. The van der Waals surface area contributed by atoms with Gasteiger partial charge in [0.1, 0.15) is 11.5 Å². The second-order valence-corrected chi connectivity index (χ2v) is 5.70. The maximum Gasteiger partial charge on any atom is 0.119 e.